The van der Waals surface area contributed by atoms with Gasteiger partial charge in [0.1, 0.15) is 6.10 Å². The van der Waals surface area contributed by atoms with E-state index in [2.05, 4.69) is 22.9 Å². The molecule has 1 unspecified atom stereocenters. The van der Waals surface area contributed by atoms with Crippen LogP contribution in [0.1, 0.15) is 39.0 Å². The topological polar surface area (TPSA) is 9.23 Å². The highest BCUT2D eigenvalue weighted by Crippen LogP contribution is 2.25. The number of halogens is 1. The molecule has 2 heteroatoms. The molecule has 1 aliphatic heterocycles. The highest BCUT2D eigenvalue weighted by atomic mass is 79.9. The van der Waals surface area contributed by atoms with E-state index in [-0.39, 0.29) is 0 Å². The summed E-state index contributed by atoms with van der Waals surface area (Å²) in [6.45, 7) is 2.23. The van der Waals surface area contributed by atoms with Gasteiger partial charge in [0.25, 0.3) is 0 Å². The average molecular weight is 219 g/mol. The van der Waals surface area contributed by atoms with Crippen LogP contribution >= 0.6 is 15.9 Å². The highest BCUT2D eigenvalue weighted by Gasteiger charge is 2.15. The van der Waals surface area contributed by atoms with Gasteiger partial charge >= 0.3 is 0 Å². The van der Waals surface area contributed by atoms with Crippen LogP contribution in [-0.4, -0.2) is 6.10 Å². The number of unbranched alkanes of at least 4 members (excludes halogenated alkanes) is 2. The molecule has 1 rings (SSSR count). The Balaban J connectivity index is 2.02. The van der Waals surface area contributed by atoms with Gasteiger partial charge in [0.05, 0.1) is 6.26 Å². The average Bonchev–Trinajstić information content (AvgIpc) is 2.37. The summed E-state index contributed by atoms with van der Waals surface area (Å²) >= 11 is 3.42. The van der Waals surface area contributed by atoms with Crippen LogP contribution in [-0.2, 0) is 4.74 Å². The second-order valence-electron chi connectivity index (χ2n) is 3.02. The highest BCUT2D eigenvalue weighted by molar-refractivity contribution is 9.11. The number of ether oxygens (including phenoxy) is 1. The third-order valence-corrected chi connectivity index (χ3v) is 2.45. The van der Waals surface area contributed by atoms with E-state index < -0.39 is 0 Å². The fourth-order valence-corrected chi connectivity index (χ4v) is 1.74. The Bertz CT molecular complexity index is 142. The fourth-order valence-electron chi connectivity index (χ4n) is 1.28. The monoisotopic (exact) mass is 218 g/mol. The molecule has 0 amide bonds. The molecule has 1 atom stereocenters. The molecule has 0 saturated carbocycles. The van der Waals surface area contributed by atoms with Gasteiger partial charge in [-0.1, -0.05) is 35.7 Å². The van der Waals surface area contributed by atoms with E-state index in [0.29, 0.717) is 6.10 Å². The summed E-state index contributed by atoms with van der Waals surface area (Å²) in [5.41, 5.74) is 0. The quantitative estimate of drug-likeness (QED) is 0.656. The lowest BCUT2D eigenvalue weighted by Crippen LogP contribution is -2.03. The van der Waals surface area contributed by atoms with Crippen molar-refractivity contribution in [3.63, 3.8) is 0 Å². The molecule has 0 aromatic heterocycles. The van der Waals surface area contributed by atoms with Gasteiger partial charge in [-0.15, -0.1) is 0 Å². The van der Waals surface area contributed by atoms with Crippen LogP contribution < -0.4 is 0 Å². The Morgan fingerprint density at radius 1 is 1.64 bits per heavy atom. The lowest BCUT2D eigenvalue weighted by molar-refractivity contribution is 0.157. The minimum atomic E-state index is 0.455. The van der Waals surface area contributed by atoms with Crippen molar-refractivity contribution in [1.29, 1.82) is 0 Å². The third-order valence-electron chi connectivity index (χ3n) is 1.94. The third kappa shape index (κ3) is 3.28. The van der Waals surface area contributed by atoms with Crippen LogP contribution in [0.25, 0.3) is 0 Å². The zero-order chi connectivity index (χ0) is 8.10. The number of rotatable bonds is 4. The summed E-state index contributed by atoms with van der Waals surface area (Å²) in [4.78, 5) is 0. The van der Waals surface area contributed by atoms with E-state index in [4.69, 9.17) is 4.74 Å². The molecule has 1 aliphatic rings. The van der Waals surface area contributed by atoms with Gasteiger partial charge < -0.3 is 4.74 Å². The maximum atomic E-state index is 5.40. The summed E-state index contributed by atoms with van der Waals surface area (Å²) in [6, 6.07) is 0. The van der Waals surface area contributed by atoms with E-state index in [1.165, 1.54) is 30.2 Å². The van der Waals surface area contributed by atoms with Crippen molar-refractivity contribution in [2.24, 2.45) is 0 Å². The molecular weight excluding hydrogens is 204 g/mol. The SMILES string of the molecule is CCCCCC1CC(Br)=CO1. The summed E-state index contributed by atoms with van der Waals surface area (Å²) in [6.07, 6.45) is 8.49. The molecule has 0 fully saturated rings. The van der Waals surface area contributed by atoms with Crippen molar-refractivity contribution in [2.45, 2.75) is 45.1 Å². The smallest absolute Gasteiger partial charge is 0.102 e. The van der Waals surface area contributed by atoms with Crippen molar-refractivity contribution in [2.75, 3.05) is 0 Å². The standard InChI is InChI=1S/C9H15BrO/c1-2-3-4-5-9-6-8(10)7-11-9/h7,9H,2-6H2,1H3. The van der Waals surface area contributed by atoms with Gasteiger partial charge in [-0.25, -0.2) is 0 Å². The van der Waals surface area contributed by atoms with E-state index in [9.17, 15) is 0 Å². The summed E-state index contributed by atoms with van der Waals surface area (Å²) in [5, 5.41) is 0. The molecule has 0 saturated heterocycles. The predicted molar refractivity (Wildman–Crippen MR) is 50.6 cm³/mol. The van der Waals surface area contributed by atoms with Crippen LogP contribution in [0.3, 0.4) is 0 Å². The van der Waals surface area contributed by atoms with Crippen molar-refractivity contribution >= 4 is 15.9 Å². The molecule has 0 bridgehead atoms. The summed E-state index contributed by atoms with van der Waals surface area (Å²) in [5.74, 6) is 0. The van der Waals surface area contributed by atoms with Gasteiger partial charge in [0.2, 0.25) is 0 Å². The molecule has 0 radical (unpaired) electrons. The molecule has 0 N–H and O–H groups in total. The number of hydrogen-bond acceptors (Lipinski definition) is 1. The van der Waals surface area contributed by atoms with Gasteiger partial charge in [-0.2, -0.15) is 0 Å². The molecular formula is C9H15BrO. The van der Waals surface area contributed by atoms with Gasteiger partial charge in [0.15, 0.2) is 0 Å². The molecule has 0 spiro atoms. The summed E-state index contributed by atoms with van der Waals surface area (Å²) in [7, 11) is 0. The van der Waals surface area contributed by atoms with Gasteiger partial charge in [-0.3, -0.25) is 0 Å². The van der Waals surface area contributed by atoms with Gasteiger partial charge in [-0.05, 0) is 12.8 Å². The Morgan fingerprint density at radius 3 is 3.00 bits per heavy atom. The molecule has 0 aliphatic carbocycles. The normalized spacial score (nSPS) is 23.1. The van der Waals surface area contributed by atoms with E-state index in [1.807, 2.05) is 6.26 Å². The second kappa shape index (κ2) is 4.81. The lowest BCUT2D eigenvalue weighted by Gasteiger charge is -2.08. The first-order chi connectivity index (χ1) is 5.33. The molecule has 64 valence electrons. The summed E-state index contributed by atoms with van der Waals surface area (Å²) < 4.78 is 6.61. The van der Waals surface area contributed by atoms with E-state index >= 15 is 0 Å². The Hall–Kier alpha value is 0.0200. The maximum absolute atomic E-state index is 5.40. The zero-order valence-corrected chi connectivity index (χ0v) is 8.56. The second-order valence-corrected chi connectivity index (χ2v) is 4.04. The zero-order valence-electron chi connectivity index (χ0n) is 6.98. The first kappa shape index (κ1) is 9.11. The van der Waals surface area contributed by atoms with Crippen molar-refractivity contribution in [3.8, 4) is 0 Å². The fraction of sp³-hybridized carbons (Fsp3) is 0.778. The molecule has 0 aromatic rings. The van der Waals surface area contributed by atoms with Crippen LogP contribution in [0.4, 0.5) is 0 Å². The van der Waals surface area contributed by atoms with Crippen LogP contribution in [0.15, 0.2) is 10.7 Å². The van der Waals surface area contributed by atoms with E-state index in [0.717, 1.165) is 6.42 Å². The van der Waals surface area contributed by atoms with Crippen molar-refractivity contribution in [3.05, 3.63) is 10.7 Å². The minimum Gasteiger partial charge on any atom is -0.497 e. The van der Waals surface area contributed by atoms with Crippen LogP contribution in [0.5, 0.6) is 0 Å². The first-order valence-electron chi connectivity index (χ1n) is 4.33. The maximum Gasteiger partial charge on any atom is 0.102 e. The van der Waals surface area contributed by atoms with Crippen LogP contribution in [0.2, 0.25) is 0 Å². The van der Waals surface area contributed by atoms with Crippen molar-refractivity contribution < 1.29 is 4.74 Å². The Morgan fingerprint density at radius 2 is 2.45 bits per heavy atom. The molecule has 11 heavy (non-hydrogen) atoms. The first-order valence-corrected chi connectivity index (χ1v) is 5.12. The molecule has 1 nitrogen and oxygen atoms in total. The van der Waals surface area contributed by atoms with Gasteiger partial charge in [0, 0.05) is 10.9 Å². The Kier molecular flexibility index (Phi) is 3.98. The predicted octanol–water partition coefficient (Wildman–Crippen LogP) is 3.59. The van der Waals surface area contributed by atoms with Crippen molar-refractivity contribution in [1.82, 2.24) is 0 Å². The molecule has 1 heterocycles. The van der Waals surface area contributed by atoms with Crippen LogP contribution in [0, 0.1) is 0 Å². The molecule has 0 aromatic carbocycles. The lowest BCUT2D eigenvalue weighted by atomic mass is 10.1. The Labute approximate surface area is 76.9 Å². The van der Waals surface area contributed by atoms with E-state index in [1.54, 1.807) is 0 Å². The minimum absolute atomic E-state index is 0.455. The number of hydrogen-bond donors (Lipinski definition) is 0. The largest absolute Gasteiger partial charge is 0.497 e.